The molecule has 2 unspecified atom stereocenters. The molecule has 8 rings (SSSR count). The molecule has 3 aliphatic heterocycles. The van der Waals surface area contributed by atoms with Crippen molar-refractivity contribution in [3.8, 4) is 11.5 Å². The van der Waals surface area contributed by atoms with Crippen molar-refractivity contribution in [2.45, 2.75) is 157 Å². The number of aliphatic hydroxyl groups excluding tert-OH is 1. The van der Waals surface area contributed by atoms with E-state index in [0.717, 1.165) is 35.9 Å². The van der Waals surface area contributed by atoms with E-state index < -0.39 is 117 Å². The molecule has 1 aromatic carbocycles. The molecule has 14 nitrogen and oxygen atoms in total. The second kappa shape index (κ2) is 15.6. The standard InChI is InChI=1S/C41H50F5N5O9S/c1-23-32-31(27-18-26(59-41(44,45)46)14-15-28(27)47-23)40(42,43)21-38(60-32)20-30-33(52)49-39(35(54)50-61(56,57)37(2)16-17-37)19-24(39)10-6-4-3-5-7-13-29(34(53)51(30)22-38)48-36(55)58-25-11-8-9-12-25/h6,10,14-15,18,24-25,29-30,36,48,55H,3-5,7-9,11-13,16-17,19-22H2,1-2H3,(H,49,52)(H,50,54)/b10-6-/t24?,29-,30-,36?,38-,39+/m0/s1. The van der Waals surface area contributed by atoms with E-state index >= 15 is 8.78 Å². The first kappa shape index (κ1) is 43.5. The van der Waals surface area contributed by atoms with E-state index in [0.29, 0.717) is 51.4 Å². The lowest BCUT2D eigenvalue weighted by molar-refractivity contribution is -0.274. The number of ether oxygens (including phenoxy) is 3. The largest absolute Gasteiger partial charge is 0.573 e. The Bertz CT molecular complexity index is 2230. The highest BCUT2D eigenvalue weighted by Crippen LogP contribution is 2.55. The molecule has 6 atom stereocenters. The van der Waals surface area contributed by atoms with Crippen molar-refractivity contribution in [2.75, 3.05) is 6.54 Å². The van der Waals surface area contributed by atoms with E-state index in [-0.39, 0.29) is 35.5 Å². The number of nitrogens with one attached hydrogen (secondary N) is 3. The van der Waals surface area contributed by atoms with Crippen LogP contribution in [0.2, 0.25) is 0 Å². The second-order valence-corrected chi connectivity index (χ2v) is 20.0. The van der Waals surface area contributed by atoms with Gasteiger partial charge in [-0.25, -0.2) is 22.2 Å². The lowest BCUT2D eigenvalue weighted by atomic mass is 9.84. The number of aryl methyl sites for hydroxylation is 1. The minimum atomic E-state index is -5.10. The third-order valence-corrected chi connectivity index (χ3v) is 15.3. The van der Waals surface area contributed by atoms with Crippen LogP contribution in [0.3, 0.4) is 0 Å². The predicted octanol–water partition coefficient (Wildman–Crippen LogP) is 5.24. The number of allylic oxidation sites excluding steroid dienone is 1. The number of hydrogen-bond donors (Lipinski definition) is 4. The number of sulfonamides is 1. The SMILES string of the molecule is Cc1nc2ccc(OC(F)(F)F)cc2c2c1O[C@@]1(C[C@H]3C(=O)N[C@]4(C(=O)NS(=O)(=O)C5(C)CC5)CC4/C=C\CCCCC[C@H](NC(O)OC4CCCC4)C(=O)N3C1)CC2(F)F. The average Bonchev–Trinajstić information content (AvgIpc) is 3.96. The van der Waals surface area contributed by atoms with E-state index in [1.807, 2.05) is 6.08 Å². The summed E-state index contributed by atoms with van der Waals surface area (Å²) in [6.07, 6.45) is 1.63. The van der Waals surface area contributed by atoms with Gasteiger partial charge in [0.1, 0.15) is 22.9 Å². The first-order valence-electron chi connectivity index (χ1n) is 20.9. The van der Waals surface area contributed by atoms with Gasteiger partial charge < -0.3 is 29.5 Å². The van der Waals surface area contributed by atoms with E-state index in [4.69, 9.17) is 9.47 Å². The Labute approximate surface area is 349 Å². The lowest BCUT2D eigenvalue weighted by Gasteiger charge is -2.40. The fourth-order valence-corrected chi connectivity index (χ4v) is 10.7. The van der Waals surface area contributed by atoms with Crippen molar-refractivity contribution < 1.29 is 64.1 Å². The smallest absolute Gasteiger partial charge is 0.483 e. The van der Waals surface area contributed by atoms with Crippen LogP contribution in [-0.2, 0) is 35.1 Å². The van der Waals surface area contributed by atoms with Gasteiger partial charge in [0, 0.05) is 17.7 Å². The molecule has 1 aromatic heterocycles. The number of alkyl halides is 5. The van der Waals surface area contributed by atoms with Crippen LogP contribution in [-0.4, -0.2) is 94.5 Å². The highest BCUT2D eigenvalue weighted by molar-refractivity contribution is 7.91. The first-order chi connectivity index (χ1) is 28.6. The molecule has 4 fully saturated rings. The van der Waals surface area contributed by atoms with Gasteiger partial charge in [-0.2, -0.15) is 0 Å². The Morgan fingerprint density at radius 2 is 1.80 bits per heavy atom. The number of rotatable bonds is 8. The molecule has 0 radical (unpaired) electrons. The van der Waals surface area contributed by atoms with Crippen LogP contribution < -0.4 is 24.8 Å². The van der Waals surface area contributed by atoms with E-state index in [9.17, 15) is 41.1 Å². The van der Waals surface area contributed by atoms with Crippen molar-refractivity contribution in [1.29, 1.82) is 0 Å². The topological polar surface area (TPSA) is 185 Å². The van der Waals surface area contributed by atoms with Gasteiger partial charge in [-0.1, -0.05) is 37.8 Å². The Kier molecular flexibility index (Phi) is 11.1. The Morgan fingerprint density at radius 1 is 1.08 bits per heavy atom. The summed E-state index contributed by atoms with van der Waals surface area (Å²) >= 11 is 0. The number of aliphatic hydroxyl groups is 1. The molecule has 0 bridgehead atoms. The molecule has 6 aliphatic rings. The number of amides is 3. The molecule has 20 heteroatoms. The second-order valence-electron chi connectivity index (χ2n) is 17.8. The number of halogens is 5. The van der Waals surface area contributed by atoms with Crippen LogP contribution in [0.1, 0.15) is 108 Å². The van der Waals surface area contributed by atoms with E-state index in [2.05, 4.69) is 25.1 Å². The van der Waals surface area contributed by atoms with Gasteiger partial charge in [-0.3, -0.25) is 24.4 Å². The molecule has 3 aliphatic carbocycles. The molecule has 2 aromatic rings. The minimum absolute atomic E-state index is 0.0218. The summed E-state index contributed by atoms with van der Waals surface area (Å²) in [7, 11) is -4.14. The van der Waals surface area contributed by atoms with Gasteiger partial charge in [0.05, 0.1) is 46.6 Å². The van der Waals surface area contributed by atoms with Crippen molar-refractivity contribution in [3.05, 3.63) is 41.6 Å². The van der Waals surface area contributed by atoms with Gasteiger partial charge in [0.25, 0.3) is 11.8 Å². The van der Waals surface area contributed by atoms with Crippen LogP contribution >= 0.6 is 0 Å². The lowest BCUT2D eigenvalue weighted by Crippen LogP contribution is -2.59. The van der Waals surface area contributed by atoms with Crippen LogP contribution in [0.15, 0.2) is 30.4 Å². The Morgan fingerprint density at radius 3 is 2.51 bits per heavy atom. The maximum absolute atomic E-state index is 16.9. The zero-order chi connectivity index (χ0) is 43.8. The molecule has 4 heterocycles. The Balaban J connectivity index is 1.16. The summed E-state index contributed by atoms with van der Waals surface area (Å²) in [4.78, 5) is 48.9. The van der Waals surface area contributed by atoms with Gasteiger partial charge in [-0.05, 0) is 83.4 Å². The summed E-state index contributed by atoms with van der Waals surface area (Å²) in [5.41, 5.74) is -4.49. The number of nitrogens with zero attached hydrogens (tertiary/aromatic N) is 2. The molecule has 3 amide bonds. The third kappa shape index (κ3) is 8.65. The maximum Gasteiger partial charge on any atom is 0.573 e. The third-order valence-electron chi connectivity index (χ3n) is 13.1. The summed E-state index contributed by atoms with van der Waals surface area (Å²) < 4.78 is 117. The first-order valence-corrected chi connectivity index (χ1v) is 22.3. The zero-order valence-electron chi connectivity index (χ0n) is 33.8. The summed E-state index contributed by atoms with van der Waals surface area (Å²) in [5, 5.41) is 16.2. The van der Waals surface area contributed by atoms with Crippen molar-refractivity contribution in [3.63, 3.8) is 0 Å². The predicted molar refractivity (Wildman–Crippen MR) is 207 cm³/mol. The molecular formula is C41H50F5N5O9S. The fourth-order valence-electron chi connectivity index (χ4n) is 9.40. The summed E-state index contributed by atoms with van der Waals surface area (Å²) in [6, 6.07) is 0.191. The number of hydrogen-bond acceptors (Lipinski definition) is 11. The zero-order valence-corrected chi connectivity index (χ0v) is 34.6. The number of carbonyl (C=O) groups is 3. The summed E-state index contributed by atoms with van der Waals surface area (Å²) in [6.45, 7) is 2.33. The summed E-state index contributed by atoms with van der Waals surface area (Å²) in [5.74, 6) is -8.20. The molecular weight excluding hydrogens is 834 g/mol. The van der Waals surface area contributed by atoms with Crippen LogP contribution in [0.5, 0.6) is 11.5 Å². The molecule has 61 heavy (non-hydrogen) atoms. The number of benzene rings is 1. The van der Waals surface area contributed by atoms with Gasteiger partial charge >= 0.3 is 6.36 Å². The van der Waals surface area contributed by atoms with E-state index in [1.165, 1.54) is 13.8 Å². The number of aromatic nitrogens is 1. The highest BCUT2D eigenvalue weighted by atomic mass is 32.2. The van der Waals surface area contributed by atoms with Crippen molar-refractivity contribution >= 4 is 38.6 Å². The number of fused-ring (bicyclic) bond motifs is 5. The van der Waals surface area contributed by atoms with Gasteiger partial charge in [0.2, 0.25) is 28.3 Å². The van der Waals surface area contributed by atoms with E-state index in [1.54, 1.807) is 6.08 Å². The average molecular weight is 884 g/mol. The molecule has 4 N–H and O–H groups in total. The molecule has 1 saturated heterocycles. The molecule has 1 spiro atoms. The number of carbonyl (C=O) groups excluding carboxylic acids is 3. The minimum Gasteiger partial charge on any atom is -0.483 e. The van der Waals surface area contributed by atoms with Crippen molar-refractivity contribution in [1.82, 2.24) is 25.2 Å². The molecule has 334 valence electrons. The van der Waals surface area contributed by atoms with Crippen LogP contribution in [0, 0.1) is 12.8 Å². The highest BCUT2D eigenvalue weighted by Gasteiger charge is 2.65. The monoisotopic (exact) mass is 883 g/mol. The van der Waals surface area contributed by atoms with Crippen LogP contribution in [0.25, 0.3) is 10.9 Å². The van der Waals surface area contributed by atoms with Crippen LogP contribution in [0.4, 0.5) is 22.0 Å². The number of pyridine rings is 1. The molecule has 3 saturated carbocycles. The quantitative estimate of drug-likeness (QED) is 0.154. The van der Waals surface area contributed by atoms with Gasteiger partial charge in [0.15, 0.2) is 5.75 Å². The maximum atomic E-state index is 16.9. The van der Waals surface area contributed by atoms with Crippen molar-refractivity contribution in [2.24, 2.45) is 5.92 Å². The fraction of sp³-hybridized carbons (Fsp3) is 0.659. The Hall–Kier alpha value is -4.14. The van der Waals surface area contributed by atoms with Gasteiger partial charge in [-0.15, -0.1) is 13.2 Å². The normalized spacial score (nSPS) is 31.1.